The van der Waals surface area contributed by atoms with Gasteiger partial charge < -0.3 is 14.1 Å². The summed E-state index contributed by atoms with van der Waals surface area (Å²) in [4.78, 5) is 17.0. The first-order chi connectivity index (χ1) is 1.73. The monoisotopic (exact) mass is 295 g/mol. The minimum atomic E-state index is -3.63. The van der Waals surface area contributed by atoms with Crippen LogP contribution in [0.15, 0.2) is 0 Å². The molecule has 29 valence electrons. The normalized spacial score (nSPS) is 4.00. The molecule has 6 heteroatoms. The van der Waals surface area contributed by atoms with Gasteiger partial charge in [0.25, 0.3) is 0 Å². The minimum absolute atomic E-state index is 0. The van der Waals surface area contributed by atoms with Crippen LogP contribution in [0.25, 0.3) is 0 Å². The molecule has 0 saturated heterocycles. The van der Waals surface area contributed by atoms with Gasteiger partial charge in [-0.2, -0.15) is 0 Å². The van der Waals surface area contributed by atoms with Gasteiger partial charge in [-0.15, -0.1) is 0 Å². The molecule has 0 aliphatic heterocycles. The molecule has 0 aromatic rings. The molecule has 0 spiro atoms. The molecule has 0 heterocycles. The van der Waals surface area contributed by atoms with Gasteiger partial charge in [-0.3, -0.25) is 0 Å². The van der Waals surface area contributed by atoms with Gasteiger partial charge in [0.15, 0.2) is 0 Å². The summed E-state index contributed by atoms with van der Waals surface area (Å²) in [5.74, 6) is 0. The topological polar surface area (TPSA) is 63.2 Å². The number of hydrogen-bond donors (Lipinski definition) is 0. The van der Waals surface area contributed by atoms with Crippen molar-refractivity contribution in [3.63, 3.8) is 0 Å². The SMILES string of the molecule is O=[Si]([O-])[O-].[B].[Pb+2]. The predicted octanol–water partition coefficient (Wildman–Crippen LogP) is -3.64. The Morgan fingerprint density at radius 3 is 1.33 bits per heavy atom. The van der Waals surface area contributed by atoms with E-state index in [1.165, 1.54) is 0 Å². The summed E-state index contributed by atoms with van der Waals surface area (Å²) in [7, 11) is -3.63. The van der Waals surface area contributed by atoms with Gasteiger partial charge in [-0.1, -0.05) is 0 Å². The number of rotatable bonds is 0. The van der Waals surface area contributed by atoms with Gasteiger partial charge >= 0.3 is 27.3 Å². The molecule has 0 atom stereocenters. The Morgan fingerprint density at radius 2 is 1.33 bits per heavy atom. The second-order valence-corrected chi connectivity index (χ2v) is 0.750. The van der Waals surface area contributed by atoms with Crippen molar-refractivity contribution >= 4 is 44.9 Å². The van der Waals surface area contributed by atoms with E-state index in [4.69, 9.17) is 14.1 Å². The van der Waals surface area contributed by atoms with Crippen LogP contribution in [-0.2, 0) is 4.46 Å². The Labute approximate surface area is 59.0 Å². The quantitative estimate of drug-likeness (QED) is 0.433. The van der Waals surface area contributed by atoms with Crippen molar-refractivity contribution in [1.82, 2.24) is 0 Å². The van der Waals surface area contributed by atoms with E-state index in [0.717, 1.165) is 0 Å². The van der Waals surface area contributed by atoms with Gasteiger partial charge in [-0.25, -0.2) is 0 Å². The molecular weight excluding hydrogens is 294 g/mol. The molecule has 0 amide bonds. The summed E-state index contributed by atoms with van der Waals surface area (Å²) in [6.45, 7) is 0. The zero-order valence-electron chi connectivity index (χ0n) is 2.80. The molecule has 0 aliphatic rings. The Bertz CT molecular complexity index is 33.8. The van der Waals surface area contributed by atoms with E-state index in [1.54, 1.807) is 0 Å². The van der Waals surface area contributed by atoms with Crippen LogP contribution < -0.4 is 9.59 Å². The fraction of sp³-hybridized carbons (Fsp3) is 0. The van der Waals surface area contributed by atoms with E-state index in [2.05, 4.69) is 0 Å². The fourth-order valence-corrected chi connectivity index (χ4v) is 0. The summed E-state index contributed by atoms with van der Waals surface area (Å²) in [5.41, 5.74) is 0. The van der Waals surface area contributed by atoms with Crippen molar-refractivity contribution in [2.75, 3.05) is 0 Å². The molecule has 0 saturated carbocycles. The molecule has 0 bridgehead atoms. The average molecular weight is 294 g/mol. The summed E-state index contributed by atoms with van der Waals surface area (Å²) >= 11 is 0. The maximum absolute atomic E-state index is 8.52. The van der Waals surface area contributed by atoms with E-state index in [1.807, 2.05) is 0 Å². The van der Waals surface area contributed by atoms with Crippen molar-refractivity contribution in [1.29, 1.82) is 0 Å². The van der Waals surface area contributed by atoms with Crippen molar-refractivity contribution in [3.05, 3.63) is 0 Å². The third-order valence-electron chi connectivity index (χ3n) is 0. The third-order valence-corrected chi connectivity index (χ3v) is 0. The maximum Gasteiger partial charge on any atom is 2.00 e. The molecular formula is BO3PbSi. The van der Waals surface area contributed by atoms with Crippen molar-refractivity contribution < 1.29 is 14.1 Å². The largest absolute Gasteiger partial charge is 2.00 e. The summed E-state index contributed by atoms with van der Waals surface area (Å²) in [6, 6.07) is 0. The summed E-state index contributed by atoms with van der Waals surface area (Å²) in [6.07, 6.45) is 0. The molecule has 5 radical (unpaired) electrons. The van der Waals surface area contributed by atoms with Gasteiger partial charge in [0.05, 0.1) is 0 Å². The van der Waals surface area contributed by atoms with Crippen LogP contribution in [0.4, 0.5) is 0 Å². The first-order valence-corrected chi connectivity index (χ1v) is 1.84. The zero-order chi connectivity index (χ0) is 3.58. The minimum Gasteiger partial charge on any atom is -0.672 e. The first-order valence-electron chi connectivity index (χ1n) is 0.612. The molecule has 0 aromatic heterocycles. The Balaban J connectivity index is -0.0000000450. The van der Waals surface area contributed by atoms with E-state index < -0.39 is 9.17 Å². The van der Waals surface area contributed by atoms with E-state index in [0.29, 0.717) is 0 Å². The molecule has 0 rings (SSSR count). The molecule has 0 aliphatic carbocycles. The molecule has 0 N–H and O–H groups in total. The van der Waals surface area contributed by atoms with Crippen LogP contribution in [0.2, 0.25) is 0 Å². The molecule has 0 unspecified atom stereocenters. The second-order valence-electron chi connectivity index (χ2n) is 0.250. The van der Waals surface area contributed by atoms with Crippen LogP contribution in [-0.4, -0.2) is 44.9 Å². The van der Waals surface area contributed by atoms with Gasteiger partial charge in [0.1, 0.15) is 0 Å². The number of hydrogen-bond acceptors (Lipinski definition) is 3. The van der Waals surface area contributed by atoms with Crippen LogP contribution in [0.5, 0.6) is 0 Å². The van der Waals surface area contributed by atoms with Crippen molar-refractivity contribution in [3.8, 4) is 0 Å². The first kappa shape index (κ1) is 16.0. The Hall–Kier alpha value is 0.604. The van der Waals surface area contributed by atoms with E-state index in [9.17, 15) is 0 Å². The fourth-order valence-electron chi connectivity index (χ4n) is 0. The van der Waals surface area contributed by atoms with E-state index >= 15 is 0 Å². The van der Waals surface area contributed by atoms with Crippen LogP contribution >= 0.6 is 0 Å². The van der Waals surface area contributed by atoms with Gasteiger partial charge in [-0.05, 0) is 0 Å². The molecule has 0 aromatic carbocycles. The standard InChI is InChI=1S/B.O3Si.Pb/c;1-4(2)3;/q;-2;+2. The van der Waals surface area contributed by atoms with Crippen LogP contribution in [0, 0.1) is 0 Å². The predicted molar refractivity (Wildman–Crippen MR) is 17.9 cm³/mol. The van der Waals surface area contributed by atoms with Crippen LogP contribution in [0.3, 0.4) is 0 Å². The Morgan fingerprint density at radius 1 is 1.33 bits per heavy atom. The average Bonchev–Trinajstić information content (AvgIpc) is 0.811. The van der Waals surface area contributed by atoms with Crippen molar-refractivity contribution in [2.45, 2.75) is 0 Å². The van der Waals surface area contributed by atoms with Gasteiger partial charge in [0, 0.05) is 17.6 Å². The molecule has 3 nitrogen and oxygen atoms in total. The second kappa shape index (κ2) is 9.15. The molecule has 6 heavy (non-hydrogen) atoms. The zero-order valence-corrected chi connectivity index (χ0v) is 7.69. The maximum atomic E-state index is 8.52. The smallest absolute Gasteiger partial charge is 0.672 e. The van der Waals surface area contributed by atoms with E-state index in [-0.39, 0.29) is 35.7 Å². The van der Waals surface area contributed by atoms with Gasteiger partial charge in [0.2, 0.25) is 0 Å². The summed E-state index contributed by atoms with van der Waals surface area (Å²) < 4.78 is 8.52. The Kier molecular flexibility index (Phi) is 24.3. The summed E-state index contributed by atoms with van der Waals surface area (Å²) in [5, 5.41) is 0. The third kappa shape index (κ3) is 164. The van der Waals surface area contributed by atoms with Crippen LogP contribution in [0.1, 0.15) is 0 Å². The van der Waals surface area contributed by atoms with Crippen molar-refractivity contribution in [2.24, 2.45) is 0 Å². The molecule has 0 fully saturated rings.